The maximum absolute atomic E-state index is 12.6. The minimum atomic E-state index is -3.16. The van der Waals surface area contributed by atoms with Crippen LogP contribution in [0, 0.1) is 5.92 Å². The third kappa shape index (κ3) is 4.11. The molecule has 7 heteroatoms. The van der Waals surface area contributed by atoms with Gasteiger partial charge in [0.2, 0.25) is 0 Å². The van der Waals surface area contributed by atoms with E-state index in [1.807, 2.05) is 23.7 Å². The van der Waals surface area contributed by atoms with Crippen LogP contribution in [0.15, 0.2) is 52.9 Å². The first kappa shape index (κ1) is 20.0. The number of aromatic nitrogens is 2. The van der Waals surface area contributed by atoms with Crippen LogP contribution in [-0.4, -0.2) is 36.8 Å². The minimum absolute atomic E-state index is 0.175. The Balaban J connectivity index is 1.45. The van der Waals surface area contributed by atoms with Gasteiger partial charge in [0.05, 0.1) is 15.8 Å². The van der Waals surface area contributed by atoms with E-state index in [2.05, 4.69) is 22.1 Å². The molecule has 3 aromatic rings. The Morgan fingerprint density at radius 3 is 2.50 bits per heavy atom. The number of H-pyrrole nitrogens is 1. The third-order valence-corrected chi connectivity index (χ3v) is 9.32. The Morgan fingerprint density at radius 2 is 1.83 bits per heavy atom. The van der Waals surface area contributed by atoms with Gasteiger partial charge in [-0.2, -0.15) is 0 Å². The number of rotatable bonds is 7. The van der Waals surface area contributed by atoms with Crippen LogP contribution in [0.4, 0.5) is 0 Å². The highest BCUT2D eigenvalue weighted by Crippen LogP contribution is 2.37. The zero-order valence-electron chi connectivity index (χ0n) is 16.8. The molecule has 1 aromatic carbocycles. The molecule has 5 rings (SSSR count). The molecule has 5 nitrogen and oxygen atoms in total. The molecule has 0 spiro atoms. The Kier molecular flexibility index (Phi) is 5.52. The number of benzene rings is 1. The first-order chi connectivity index (χ1) is 14.6. The molecule has 0 bridgehead atoms. The average Bonchev–Trinajstić information content (AvgIpc) is 3.29. The molecule has 3 heterocycles. The van der Waals surface area contributed by atoms with Crippen LogP contribution in [0.5, 0.6) is 0 Å². The van der Waals surface area contributed by atoms with E-state index in [0.29, 0.717) is 10.8 Å². The van der Waals surface area contributed by atoms with Crippen LogP contribution in [-0.2, 0) is 14.6 Å². The normalized spacial score (nSPS) is 19.1. The molecule has 1 atom stereocenters. The Labute approximate surface area is 181 Å². The van der Waals surface area contributed by atoms with Gasteiger partial charge in [-0.05, 0) is 67.9 Å². The van der Waals surface area contributed by atoms with Crippen LogP contribution in [0.3, 0.4) is 0 Å². The molecular formula is C23H26N2O3S2. The highest BCUT2D eigenvalue weighted by atomic mass is 32.2. The number of ether oxygens (including phenoxy) is 1. The van der Waals surface area contributed by atoms with Crippen LogP contribution in [0.1, 0.15) is 49.3 Å². The van der Waals surface area contributed by atoms with Gasteiger partial charge in [-0.15, -0.1) is 11.3 Å². The summed E-state index contributed by atoms with van der Waals surface area (Å²) in [5, 5.41) is 2.79. The summed E-state index contributed by atoms with van der Waals surface area (Å²) in [6.45, 7) is 1.65. The van der Waals surface area contributed by atoms with Crippen LogP contribution in [0.2, 0.25) is 0 Å². The van der Waals surface area contributed by atoms with E-state index in [0.717, 1.165) is 67.3 Å². The second-order valence-corrected chi connectivity index (χ2v) is 11.4. The summed E-state index contributed by atoms with van der Waals surface area (Å²) < 4.78 is 30.7. The quantitative estimate of drug-likeness (QED) is 0.557. The van der Waals surface area contributed by atoms with Crippen molar-refractivity contribution < 1.29 is 13.2 Å². The van der Waals surface area contributed by atoms with E-state index in [-0.39, 0.29) is 11.2 Å². The number of hydrogen-bond donors (Lipinski definition) is 1. The Morgan fingerprint density at radius 1 is 1.07 bits per heavy atom. The van der Waals surface area contributed by atoms with Crippen LogP contribution in [0.25, 0.3) is 10.7 Å². The highest BCUT2D eigenvalue weighted by molar-refractivity contribution is 7.92. The van der Waals surface area contributed by atoms with Crippen LogP contribution < -0.4 is 0 Å². The zero-order valence-corrected chi connectivity index (χ0v) is 18.4. The second kappa shape index (κ2) is 8.29. The highest BCUT2D eigenvalue weighted by Gasteiger charge is 2.36. The molecule has 1 N–H and O–H groups in total. The van der Waals surface area contributed by atoms with Gasteiger partial charge in [-0.1, -0.05) is 12.1 Å². The van der Waals surface area contributed by atoms with Crippen molar-refractivity contribution in [3.8, 4) is 10.7 Å². The predicted molar refractivity (Wildman–Crippen MR) is 119 cm³/mol. The fourth-order valence-corrected chi connectivity index (χ4v) is 6.59. The van der Waals surface area contributed by atoms with Crippen molar-refractivity contribution in [3.63, 3.8) is 0 Å². The topological polar surface area (TPSA) is 72.1 Å². The summed E-state index contributed by atoms with van der Waals surface area (Å²) in [4.78, 5) is 8.44. The van der Waals surface area contributed by atoms with Gasteiger partial charge in [0.25, 0.3) is 0 Å². The van der Waals surface area contributed by atoms with E-state index >= 15 is 0 Å². The molecule has 1 aliphatic carbocycles. The number of nitrogens with zero attached hydrogens (tertiary/aromatic N) is 1. The van der Waals surface area contributed by atoms with Crippen molar-refractivity contribution in [2.45, 2.75) is 48.2 Å². The minimum Gasteiger partial charge on any atom is -0.381 e. The summed E-state index contributed by atoms with van der Waals surface area (Å²) in [6, 6.07) is 11.8. The average molecular weight is 443 g/mol. The van der Waals surface area contributed by atoms with Crippen molar-refractivity contribution in [2.24, 2.45) is 5.92 Å². The van der Waals surface area contributed by atoms with E-state index in [1.165, 1.54) is 0 Å². The SMILES string of the molecule is O=S(=O)(c1ccc(C(CC2CCOCC2)c2ccc(-c3nccs3)[nH]2)cc1)C1CC1. The number of aromatic amines is 1. The summed E-state index contributed by atoms with van der Waals surface area (Å²) in [5.41, 5.74) is 3.35. The third-order valence-electron chi connectivity index (χ3n) is 6.23. The lowest BCUT2D eigenvalue weighted by atomic mass is 9.83. The lowest BCUT2D eigenvalue weighted by molar-refractivity contribution is 0.0626. The molecular weight excluding hydrogens is 416 g/mol. The fraction of sp³-hybridized carbons (Fsp3) is 0.435. The zero-order chi connectivity index (χ0) is 20.6. The van der Waals surface area contributed by atoms with Crippen molar-refractivity contribution in [3.05, 3.63) is 59.2 Å². The lowest BCUT2D eigenvalue weighted by Gasteiger charge is -2.27. The van der Waals surface area contributed by atoms with E-state index in [9.17, 15) is 8.42 Å². The molecule has 1 saturated heterocycles. The Bertz CT molecular complexity index is 1080. The summed E-state index contributed by atoms with van der Waals surface area (Å²) in [5.74, 6) is 0.796. The summed E-state index contributed by atoms with van der Waals surface area (Å²) in [7, 11) is -3.16. The molecule has 158 valence electrons. The molecule has 1 saturated carbocycles. The maximum atomic E-state index is 12.6. The number of nitrogens with one attached hydrogen (secondary N) is 1. The standard InChI is InChI=1S/C23H26N2O3S2/c26-30(27,19-5-6-19)18-3-1-17(2-4-18)20(15-16-9-12-28-13-10-16)21-7-8-22(25-21)23-24-11-14-29-23/h1-4,7-8,11,14,16,19-20,25H,5-6,9-10,12-13,15H2. The molecule has 2 aromatic heterocycles. The molecule has 2 aliphatic rings. The molecule has 1 aliphatic heterocycles. The van der Waals surface area contributed by atoms with Gasteiger partial charge in [-0.25, -0.2) is 13.4 Å². The first-order valence-electron chi connectivity index (χ1n) is 10.6. The molecule has 2 fully saturated rings. The van der Waals surface area contributed by atoms with Crippen molar-refractivity contribution in [1.82, 2.24) is 9.97 Å². The first-order valence-corrected chi connectivity index (χ1v) is 13.0. The van der Waals surface area contributed by atoms with E-state index < -0.39 is 9.84 Å². The van der Waals surface area contributed by atoms with Gasteiger partial charge < -0.3 is 9.72 Å². The molecule has 30 heavy (non-hydrogen) atoms. The number of thiazole rings is 1. The van der Waals surface area contributed by atoms with Crippen LogP contribution >= 0.6 is 11.3 Å². The van der Waals surface area contributed by atoms with Gasteiger partial charge in [0.15, 0.2) is 9.84 Å². The van der Waals surface area contributed by atoms with Gasteiger partial charge in [0.1, 0.15) is 5.01 Å². The smallest absolute Gasteiger partial charge is 0.181 e. The largest absolute Gasteiger partial charge is 0.381 e. The van der Waals surface area contributed by atoms with E-state index in [1.54, 1.807) is 23.5 Å². The van der Waals surface area contributed by atoms with Crippen molar-refractivity contribution >= 4 is 21.2 Å². The Hall–Kier alpha value is -1.96. The molecule has 0 radical (unpaired) electrons. The fourth-order valence-electron chi connectivity index (χ4n) is 4.32. The number of sulfone groups is 1. The molecule has 1 unspecified atom stereocenters. The predicted octanol–water partition coefficient (Wildman–Crippen LogP) is 5.02. The maximum Gasteiger partial charge on any atom is 0.181 e. The monoisotopic (exact) mass is 442 g/mol. The summed E-state index contributed by atoms with van der Waals surface area (Å²) in [6.07, 6.45) is 6.57. The van der Waals surface area contributed by atoms with Crippen molar-refractivity contribution in [1.29, 1.82) is 0 Å². The van der Waals surface area contributed by atoms with Gasteiger partial charge >= 0.3 is 0 Å². The molecule has 0 amide bonds. The number of hydrogen-bond acceptors (Lipinski definition) is 5. The van der Waals surface area contributed by atoms with Gasteiger partial charge in [-0.3, -0.25) is 0 Å². The van der Waals surface area contributed by atoms with Crippen molar-refractivity contribution in [2.75, 3.05) is 13.2 Å². The van der Waals surface area contributed by atoms with Gasteiger partial charge in [0, 0.05) is 36.4 Å². The van der Waals surface area contributed by atoms with E-state index in [4.69, 9.17) is 4.74 Å². The second-order valence-electron chi connectivity index (χ2n) is 8.32. The lowest BCUT2D eigenvalue weighted by Crippen LogP contribution is -2.19. The summed E-state index contributed by atoms with van der Waals surface area (Å²) >= 11 is 1.62.